The highest BCUT2D eigenvalue weighted by molar-refractivity contribution is 5.78. The molecule has 0 aliphatic carbocycles. The van der Waals surface area contributed by atoms with Gasteiger partial charge in [-0.3, -0.25) is 9.78 Å². The molecule has 7 nitrogen and oxygen atoms in total. The Morgan fingerprint density at radius 3 is 2.55 bits per heavy atom. The number of H-pyrrole nitrogens is 1. The van der Waals surface area contributed by atoms with Crippen molar-refractivity contribution in [2.45, 2.75) is 38.1 Å². The van der Waals surface area contributed by atoms with E-state index in [9.17, 15) is 9.59 Å². The van der Waals surface area contributed by atoms with E-state index in [0.29, 0.717) is 17.9 Å². The molecule has 0 spiro atoms. The highest BCUT2D eigenvalue weighted by Gasteiger charge is 2.19. The van der Waals surface area contributed by atoms with Gasteiger partial charge in [-0.15, -0.1) is 0 Å². The van der Waals surface area contributed by atoms with E-state index in [1.807, 2.05) is 41.3 Å². The van der Waals surface area contributed by atoms with Crippen molar-refractivity contribution in [3.05, 3.63) is 64.1 Å². The molecule has 0 atom stereocenters. The number of likely N-dealkylation sites (tertiary alicyclic amines) is 1. The number of ether oxygens (including phenoxy) is 1. The number of carbonyl (C=O) groups excluding carboxylic acids is 1. The number of amides is 1. The van der Waals surface area contributed by atoms with Gasteiger partial charge in [0.2, 0.25) is 5.91 Å². The van der Waals surface area contributed by atoms with E-state index in [1.165, 1.54) is 5.56 Å². The summed E-state index contributed by atoms with van der Waals surface area (Å²) in [6.45, 7) is 3.76. The Morgan fingerprint density at radius 2 is 1.87 bits per heavy atom. The third-order valence-electron chi connectivity index (χ3n) is 5.96. The first-order chi connectivity index (χ1) is 15.1. The Kier molecular flexibility index (Phi) is 6.72. The van der Waals surface area contributed by atoms with Crippen molar-refractivity contribution in [3.63, 3.8) is 0 Å². The van der Waals surface area contributed by atoms with E-state index in [2.05, 4.69) is 16.4 Å². The average molecular weight is 424 g/mol. The van der Waals surface area contributed by atoms with Gasteiger partial charge in [-0.05, 0) is 73.7 Å². The molecule has 2 saturated heterocycles. The zero-order chi connectivity index (χ0) is 21.6. The second-order valence-electron chi connectivity index (χ2n) is 8.06. The number of aromatic nitrogens is 1. The Balaban J connectivity index is 0.000000150. The number of carbonyl (C=O) groups is 1. The number of rotatable bonds is 4. The van der Waals surface area contributed by atoms with Crippen LogP contribution in [0.1, 0.15) is 42.7 Å². The lowest BCUT2D eigenvalue weighted by molar-refractivity contribution is -0.128. The molecule has 2 aromatic carbocycles. The van der Waals surface area contributed by atoms with Crippen molar-refractivity contribution in [1.82, 2.24) is 15.2 Å². The van der Waals surface area contributed by atoms with Crippen LogP contribution >= 0.6 is 0 Å². The van der Waals surface area contributed by atoms with Crippen LogP contribution in [0, 0.1) is 0 Å². The number of aromatic amines is 1. The van der Waals surface area contributed by atoms with Crippen molar-refractivity contribution in [1.29, 1.82) is 0 Å². The van der Waals surface area contributed by atoms with E-state index in [1.54, 1.807) is 7.11 Å². The zero-order valence-corrected chi connectivity index (χ0v) is 17.9. The number of nitrogens with one attached hydrogen (secondary N) is 2. The number of oxazole rings is 1. The lowest BCUT2D eigenvalue weighted by Gasteiger charge is -2.22. The maximum atomic E-state index is 11.4. The van der Waals surface area contributed by atoms with E-state index >= 15 is 0 Å². The predicted octanol–water partition coefficient (Wildman–Crippen LogP) is 3.41. The van der Waals surface area contributed by atoms with Gasteiger partial charge in [0.05, 0.1) is 12.6 Å². The van der Waals surface area contributed by atoms with Gasteiger partial charge < -0.3 is 19.4 Å². The predicted molar refractivity (Wildman–Crippen MR) is 119 cm³/mol. The average Bonchev–Trinajstić information content (AvgIpc) is 3.38. The van der Waals surface area contributed by atoms with Gasteiger partial charge in [0.15, 0.2) is 5.58 Å². The normalized spacial score (nSPS) is 16.9. The Morgan fingerprint density at radius 1 is 1.10 bits per heavy atom. The molecule has 2 aliphatic rings. The van der Waals surface area contributed by atoms with Crippen LogP contribution in [0.4, 0.5) is 0 Å². The van der Waals surface area contributed by atoms with E-state index in [0.717, 1.165) is 62.3 Å². The van der Waals surface area contributed by atoms with Crippen LogP contribution in [-0.4, -0.2) is 42.5 Å². The topological polar surface area (TPSA) is 87.6 Å². The first kappa shape index (κ1) is 21.2. The maximum Gasteiger partial charge on any atom is 0.417 e. The number of hydrogen-bond acceptors (Lipinski definition) is 5. The fourth-order valence-corrected chi connectivity index (χ4v) is 4.19. The molecule has 5 rings (SSSR count). The molecule has 2 aliphatic heterocycles. The molecule has 0 saturated carbocycles. The summed E-state index contributed by atoms with van der Waals surface area (Å²) in [6, 6.07) is 13.9. The molecule has 1 aromatic heterocycles. The van der Waals surface area contributed by atoms with E-state index in [-0.39, 0.29) is 11.7 Å². The van der Waals surface area contributed by atoms with E-state index in [4.69, 9.17) is 9.15 Å². The smallest absolute Gasteiger partial charge is 0.417 e. The molecule has 7 heteroatoms. The maximum absolute atomic E-state index is 11.4. The number of benzene rings is 2. The van der Waals surface area contributed by atoms with Gasteiger partial charge in [-0.1, -0.05) is 18.2 Å². The van der Waals surface area contributed by atoms with Crippen molar-refractivity contribution in [3.8, 4) is 5.75 Å². The Labute approximate surface area is 181 Å². The van der Waals surface area contributed by atoms with Crippen molar-refractivity contribution in [2.24, 2.45) is 0 Å². The number of fused-ring (bicyclic) bond motifs is 1. The van der Waals surface area contributed by atoms with Crippen LogP contribution in [-0.2, 0) is 11.3 Å². The summed E-state index contributed by atoms with van der Waals surface area (Å²) in [7, 11) is 1.65. The molecule has 164 valence electrons. The summed E-state index contributed by atoms with van der Waals surface area (Å²) in [5.41, 5.74) is 3.88. The lowest BCUT2D eigenvalue weighted by atomic mass is 9.90. The van der Waals surface area contributed by atoms with Crippen molar-refractivity contribution < 1.29 is 13.9 Å². The standard InChI is InChI=1S/C12H14N2O2.C12H15NO2/c15-12-14-10-2-1-9(7-11(10)16-12)8-3-5-13-6-4-8;1-15-11-6-4-10(5-7-11)9-13-8-2-3-12(13)14/h1-2,7-8,13H,3-6H2,(H,14,15);4-7H,2-3,8-9H2,1H3. The summed E-state index contributed by atoms with van der Waals surface area (Å²) in [5.74, 6) is 1.33. The molecule has 1 amide bonds. The molecule has 2 N–H and O–H groups in total. The first-order valence-corrected chi connectivity index (χ1v) is 10.9. The monoisotopic (exact) mass is 423 g/mol. The van der Waals surface area contributed by atoms with Crippen LogP contribution in [0.5, 0.6) is 5.75 Å². The number of hydrogen-bond donors (Lipinski definition) is 2. The number of nitrogens with zero attached hydrogens (tertiary/aromatic N) is 1. The third kappa shape index (κ3) is 5.35. The van der Waals surface area contributed by atoms with Gasteiger partial charge in [0.1, 0.15) is 5.75 Å². The molecule has 2 fully saturated rings. The molecule has 3 heterocycles. The highest BCUT2D eigenvalue weighted by atomic mass is 16.5. The summed E-state index contributed by atoms with van der Waals surface area (Å²) in [4.78, 5) is 27.0. The zero-order valence-electron chi connectivity index (χ0n) is 17.9. The molecule has 3 aromatic rings. The summed E-state index contributed by atoms with van der Waals surface area (Å²) < 4.78 is 10.2. The van der Waals surface area contributed by atoms with Crippen molar-refractivity contribution in [2.75, 3.05) is 26.7 Å². The lowest BCUT2D eigenvalue weighted by Crippen LogP contribution is -2.26. The summed E-state index contributed by atoms with van der Waals surface area (Å²) >= 11 is 0. The molecular formula is C24H29N3O4. The van der Waals surface area contributed by atoms with E-state index < -0.39 is 0 Å². The second kappa shape index (κ2) is 9.83. The minimum Gasteiger partial charge on any atom is -0.497 e. The molecule has 0 radical (unpaired) electrons. The molecule has 0 bridgehead atoms. The summed E-state index contributed by atoms with van der Waals surface area (Å²) in [6.07, 6.45) is 4.01. The van der Waals surface area contributed by atoms with Gasteiger partial charge >= 0.3 is 5.76 Å². The Bertz CT molecular complexity index is 1060. The minimum absolute atomic E-state index is 0.269. The number of piperidine rings is 1. The Hall–Kier alpha value is -3.06. The van der Waals surface area contributed by atoms with Gasteiger partial charge in [-0.25, -0.2) is 4.79 Å². The molecular weight excluding hydrogens is 394 g/mol. The third-order valence-corrected chi connectivity index (χ3v) is 5.96. The van der Waals surface area contributed by atoms with Crippen LogP contribution in [0.15, 0.2) is 51.7 Å². The molecule has 31 heavy (non-hydrogen) atoms. The largest absolute Gasteiger partial charge is 0.497 e. The first-order valence-electron chi connectivity index (χ1n) is 10.9. The fraction of sp³-hybridized carbons (Fsp3) is 0.417. The second-order valence-corrected chi connectivity index (χ2v) is 8.06. The summed E-state index contributed by atoms with van der Waals surface area (Å²) in [5, 5.41) is 3.35. The molecule has 0 unspecified atom stereocenters. The van der Waals surface area contributed by atoms with Gasteiger partial charge in [-0.2, -0.15) is 0 Å². The van der Waals surface area contributed by atoms with Crippen LogP contribution < -0.4 is 15.8 Å². The minimum atomic E-state index is -0.377. The van der Waals surface area contributed by atoms with Gasteiger partial charge in [0.25, 0.3) is 0 Å². The van der Waals surface area contributed by atoms with Crippen LogP contribution in [0.2, 0.25) is 0 Å². The van der Waals surface area contributed by atoms with Crippen LogP contribution in [0.3, 0.4) is 0 Å². The van der Waals surface area contributed by atoms with Gasteiger partial charge in [0, 0.05) is 19.5 Å². The number of methoxy groups -OCH3 is 1. The fourth-order valence-electron chi connectivity index (χ4n) is 4.19. The SMILES string of the molecule is COc1ccc(CN2CCCC2=O)cc1.O=c1[nH]c2ccc(C3CCNCC3)cc2o1. The quantitative estimate of drug-likeness (QED) is 0.672. The highest BCUT2D eigenvalue weighted by Crippen LogP contribution is 2.27. The van der Waals surface area contributed by atoms with Crippen LogP contribution in [0.25, 0.3) is 11.1 Å². The van der Waals surface area contributed by atoms with Crippen molar-refractivity contribution >= 4 is 17.0 Å².